The number of thiophene rings is 1. The van der Waals surface area contributed by atoms with Gasteiger partial charge in [-0.1, -0.05) is 6.07 Å². The highest BCUT2D eigenvalue weighted by molar-refractivity contribution is 7.17. The Hall–Kier alpha value is -2.87. The zero-order valence-electron chi connectivity index (χ0n) is 17.8. The molecule has 0 radical (unpaired) electrons. The molecule has 0 bridgehead atoms. The largest absolute Gasteiger partial charge is 0.462 e. The molecular weight excluding hydrogens is 416 g/mol. The second-order valence-electron chi connectivity index (χ2n) is 7.71. The fourth-order valence-corrected chi connectivity index (χ4v) is 5.49. The van der Waals surface area contributed by atoms with Crippen LogP contribution in [0.5, 0.6) is 0 Å². The number of carbonyl (C=O) groups is 3. The van der Waals surface area contributed by atoms with E-state index in [0.717, 1.165) is 29.7 Å². The summed E-state index contributed by atoms with van der Waals surface area (Å²) in [6, 6.07) is 5.83. The number of amides is 2. The van der Waals surface area contributed by atoms with Gasteiger partial charge in [-0.2, -0.15) is 0 Å². The summed E-state index contributed by atoms with van der Waals surface area (Å²) in [6.07, 6.45) is 4.46. The number of hydrogen-bond donors (Lipinski definition) is 1. The zero-order valence-corrected chi connectivity index (χ0v) is 18.6. The molecule has 2 aromatic rings. The van der Waals surface area contributed by atoms with E-state index in [1.807, 2.05) is 18.2 Å². The van der Waals surface area contributed by atoms with E-state index >= 15 is 0 Å². The van der Waals surface area contributed by atoms with Crippen LogP contribution in [-0.2, 0) is 35.3 Å². The summed E-state index contributed by atoms with van der Waals surface area (Å²) in [5.74, 6) is -0.699. The average Bonchev–Trinajstić information content (AvgIpc) is 3.15. The molecule has 8 heteroatoms. The van der Waals surface area contributed by atoms with Gasteiger partial charge in [0, 0.05) is 17.0 Å². The molecule has 1 aliphatic heterocycles. The SMILES string of the molecule is CCOC(=O)c1c(NC(=O)c2ccc3c(c2)CCCC3)sc2c1CCN(C(=O)OC)C2. The van der Waals surface area contributed by atoms with E-state index in [0.29, 0.717) is 35.6 Å². The van der Waals surface area contributed by atoms with Crippen LogP contribution < -0.4 is 5.32 Å². The number of hydrogen-bond acceptors (Lipinski definition) is 6. The number of methoxy groups -OCH3 is 1. The molecule has 31 heavy (non-hydrogen) atoms. The van der Waals surface area contributed by atoms with Gasteiger partial charge in [-0.15, -0.1) is 11.3 Å². The van der Waals surface area contributed by atoms with Crippen molar-refractivity contribution in [3.05, 3.63) is 50.9 Å². The maximum atomic E-state index is 13.0. The van der Waals surface area contributed by atoms with E-state index in [1.54, 1.807) is 11.8 Å². The van der Waals surface area contributed by atoms with Crippen molar-refractivity contribution >= 4 is 34.3 Å². The summed E-state index contributed by atoms with van der Waals surface area (Å²) in [5, 5.41) is 3.40. The zero-order chi connectivity index (χ0) is 22.0. The number of benzene rings is 1. The molecule has 1 aliphatic carbocycles. The minimum atomic E-state index is -0.452. The van der Waals surface area contributed by atoms with E-state index in [-0.39, 0.29) is 12.5 Å². The molecule has 1 aromatic heterocycles. The van der Waals surface area contributed by atoms with E-state index < -0.39 is 12.1 Å². The summed E-state index contributed by atoms with van der Waals surface area (Å²) in [7, 11) is 1.35. The van der Waals surface area contributed by atoms with Crippen molar-refractivity contribution in [1.29, 1.82) is 0 Å². The van der Waals surface area contributed by atoms with Gasteiger partial charge in [-0.25, -0.2) is 9.59 Å². The molecule has 0 saturated heterocycles. The first-order chi connectivity index (χ1) is 15.0. The van der Waals surface area contributed by atoms with Crippen molar-refractivity contribution in [1.82, 2.24) is 4.90 Å². The smallest absolute Gasteiger partial charge is 0.409 e. The topological polar surface area (TPSA) is 84.9 Å². The molecule has 0 unspecified atom stereocenters. The Bertz CT molecular complexity index is 1030. The third kappa shape index (κ3) is 4.30. The van der Waals surface area contributed by atoms with Gasteiger partial charge in [0.05, 0.1) is 25.8 Å². The molecule has 7 nitrogen and oxygen atoms in total. The van der Waals surface area contributed by atoms with Crippen LogP contribution in [0.1, 0.15) is 62.0 Å². The number of fused-ring (bicyclic) bond motifs is 2. The van der Waals surface area contributed by atoms with Gasteiger partial charge < -0.3 is 19.7 Å². The molecule has 0 atom stereocenters. The highest BCUT2D eigenvalue weighted by Crippen LogP contribution is 2.38. The van der Waals surface area contributed by atoms with E-state index in [1.165, 1.54) is 36.0 Å². The maximum Gasteiger partial charge on any atom is 0.409 e. The Labute approximate surface area is 185 Å². The molecule has 2 amide bonds. The monoisotopic (exact) mass is 442 g/mol. The van der Waals surface area contributed by atoms with Crippen LogP contribution in [-0.4, -0.2) is 43.1 Å². The van der Waals surface area contributed by atoms with Crippen molar-refractivity contribution in [2.45, 2.75) is 45.6 Å². The lowest BCUT2D eigenvalue weighted by Crippen LogP contribution is -2.35. The standard InChI is InChI=1S/C23H26N2O5S/c1-3-30-22(27)19-17-10-11-25(23(28)29-2)13-18(17)31-21(19)24-20(26)16-9-8-14-6-4-5-7-15(14)12-16/h8-9,12H,3-7,10-11,13H2,1-2H3,(H,24,26). The second-order valence-corrected chi connectivity index (χ2v) is 8.82. The molecule has 4 rings (SSSR count). The van der Waals surface area contributed by atoms with Crippen LogP contribution >= 0.6 is 11.3 Å². The van der Waals surface area contributed by atoms with E-state index in [4.69, 9.17) is 9.47 Å². The number of aryl methyl sites for hydroxylation is 2. The summed E-state index contributed by atoms with van der Waals surface area (Å²) in [4.78, 5) is 40.1. The van der Waals surface area contributed by atoms with Gasteiger partial charge in [-0.05, 0) is 67.9 Å². The third-order valence-corrected chi connectivity index (χ3v) is 6.94. The second kappa shape index (κ2) is 9.09. The molecule has 0 fully saturated rings. The Morgan fingerprint density at radius 2 is 1.90 bits per heavy atom. The van der Waals surface area contributed by atoms with Gasteiger partial charge in [0.1, 0.15) is 5.00 Å². The van der Waals surface area contributed by atoms with Gasteiger partial charge in [0.15, 0.2) is 0 Å². The highest BCUT2D eigenvalue weighted by Gasteiger charge is 2.31. The van der Waals surface area contributed by atoms with Crippen LogP contribution in [0.25, 0.3) is 0 Å². The molecule has 164 valence electrons. The normalized spacial score (nSPS) is 15.0. The van der Waals surface area contributed by atoms with Crippen molar-refractivity contribution in [2.24, 2.45) is 0 Å². The van der Waals surface area contributed by atoms with E-state index in [2.05, 4.69) is 5.32 Å². The number of nitrogens with one attached hydrogen (secondary N) is 1. The first-order valence-electron chi connectivity index (χ1n) is 10.6. The van der Waals surface area contributed by atoms with Crippen molar-refractivity contribution in [3.8, 4) is 0 Å². The highest BCUT2D eigenvalue weighted by atomic mass is 32.1. The number of anilines is 1. The number of nitrogens with zero attached hydrogens (tertiary/aromatic N) is 1. The van der Waals surface area contributed by atoms with Gasteiger partial charge in [0.25, 0.3) is 5.91 Å². The first-order valence-corrected chi connectivity index (χ1v) is 11.4. The fourth-order valence-electron chi connectivity index (χ4n) is 4.25. The lowest BCUT2D eigenvalue weighted by Gasteiger charge is -2.25. The fraction of sp³-hybridized carbons (Fsp3) is 0.435. The Kier molecular flexibility index (Phi) is 6.27. The number of carbonyl (C=O) groups excluding carboxylic acids is 3. The lowest BCUT2D eigenvalue weighted by atomic mass is 9.90. The maximum absolute atomic E-state index is 13.0. The third-order valence-electron chi connectivity index (χ3n) is 5.81. The summed E-state index contributed by atoms with van der Waals surface area (Å²) in [5.41, 5.74) is 4.35. The average molecular weight is 443 g/mol. The summed E-state index contributed by atoms with van der Waals surface area (Å²) < 4.78 is 10.1. The Balaban J connectivity index is 1.63. The number of esters is 1. The molecule has 0 spiro atoms. The predicted octanol–water partition coefficient (Wildman–Crippen LogP) is 4.18. The molecule has 2 heterocycles. The summed E-state index contributed by atoms with van der Waals surface area (Å²) in [6.45, 7) is 2.78. The Morgan fingerprint density at radius 1 is 1.13 bits per heavy atom. The predicted molar refractivity (Wildman–Crippen MR) is 118 cm³/mol. The quantitative estimate of drug-likeness (QED) is 0.718. The number of rotatable bonds is 4. The Morgan fingerprint density at radius 3 is 2.65 bits per heavy atom. The lowest BCUT2D eigenvalue weighted by molar-refractivity contribution is 0.0526. The minimum absolute atomic E-state index is 0.246. The molecular formula is C23H26N2O5S. The van der Waals surface area contributed by atoms with Gasteiger partial charge in [-0.3, -0.25) is 4.79 Å². The van der Waals surface area contributed by atoms with Gasteiger partial charge in [0.2, 0.25) is 0 Å². The molecule has 1 N–H and O–H groups in total. The van der Waals surface area contributed by atoms with Crippen LogP contribution in [0.15, 0.2) is 18.2 Å². The van der Waals surface area contributed by atoms with E-state index in [9.17, 15) is 14.4 Å². The number of ether oxygens (including phenoxy) is 2. The minimum Gasteiger partial charge on any atom is -0.462 e. The summed E-state index contributed by atoms with van der Waals surface area (Å²) >= 11 is 1.32. The molecule has 0 saturated carbocycles. The van der Waals surface area contributed by atoms with Crippen molar-refractivity contribution in [3.63, 3.8) is 0 Å². The molecule has 2 aliphatic rings. The first kappa shape index (κ1) is 21.4. The van der Waals surface area contributed by atoms with Crippen LogP contribution in [0.3, 0.4) is 0 Å². The van der Waals surface area contributed by atoms with Crippen LogP contribution in [0.4, 0.5) is 9.80 Å². The van der Waals surface area contributed by atoms with Crippen molar-refractivity contribution in [2.75, 3.05) is 25.6 Å². The van der Waals surface area contributed by atoms with Crippen molar-refractivity contribution < 1.29 is 23.9 Å². The van der Waals surface area contributed by atoms with Crippen LogP contribution in [0.2, 0.25) is 0 Å². The molecule has 1 aromatic carbocycles. The van der Waals surface area contributed by atoms with Gasteiger partial charge >= 0.3 is 12.1 Å². The van der Waals surface area contributed by atoms with Crippen LogP contribution in [0, 0.1) is 0 Å².